The van der Waals surface area contributed by atoms with Gasteiger partial charge in [-0.2, -0.15) is 0 Å². The van der Waals surface area contributed by atoms with Gasteiger partial charge >= 0.3 is 6.03 Å². The summed E-state index contributed by atoms with van der Waals surface area (Å²) in [7, 11) is 0. The number of nitrogens with one attached hydrogen (secondary N) is 1. The highest BCUT2D eigenvalue weighted by Crippen LogP contribution is 2.24. The van der Waals surface area contributed by atoms with Crippen molar-refractivity contribution in [3.05, 3.63) is 60.2 Å². The number of nitrogens with zero attached hydrogens (tertiary/aromatic N) is 3. The van der Waals surface area contributed by atoms with E-state index in [4.69, 9.17) is 0 Å². The molecule has 2 aliphatic heterocycles. The van der Waals surface area contributed by atoms with Gasteiger partial charge in [-0.1, -0.05) is 18.2 Å². The Labute approximate surface area is 183 Å². The molecule has 2 aliphatic rings. The fourth-order valence-corrected chi connectivity index (χ4v) is 4.14. The molecule has 2 heterocycles. The molecule has 2 aromatic carbocycles. The molecular weight excluding hydrogens is 392 g/mol. The number of carbonyl (C=O) groups is 2. The van der Waals surface area contributed by atoms with Gasteiger partial charge in [0.1, 0.15) is 0 Å². The third-order valence-corrected chi connectivity index (χ3v) is 5.94. The molecule has 0 unspecified atom stereocenters. The molecule has 2 saturated heterocycles. The molecule has 164 valence electrons. The predicted octanol–water partition coefficient (Wildman–Crippen LogP) is 3.72. The number of likely N-dealkylation sites (tertiary alicyclic amines) is 1. The van der Waals surface area contributed by atoms with Crippen LogP contribution in [0.1, 0.15) is 42.5 Å². The van der Waals surface area contributed by atoms with Gasteiger partial charge in [0.05, 0.1) is 11.8 Å². The molecule has 31 heavy (non-hydrogen) atoms. The molecule has 3 amide bonds. The minimum Gasteiger partial charge on any atom is -0.393 e. The zero-order chi connectivity index (χ0) is 21.6. The number of piperidine rings is 2. The van der Waals surface area contributed by atoms with Crippen LogP contribution >= 0.6 is 0 Å². The predicted molar refractivity (Wildman–Crippen MR) is 121 cm³/mol. The third kappa shape index (κ3) is 5.24. The van der Waals surface area contributed by atoms with E-state index in [0.717, 1.165) is 43.7 Å². The lowest BCUT2D eigenvalue weighted by Crippen LogP contribution is -2.56. The summed E-state index contributed by atoms with van der Waals surface area (Å²) in [5, 5.41) is 16.5. The molecule has 2 fully saturated rings. The molecule has 7 nitrogen and oxygen atoms in total. The second-order valence-corrected chi connectivity index (χ2v) is 8.19. The van der Waals surface area contributed by atoms with Crippen LogP contribution in [0.15, 0.2) is 54.6 Å². The number of hydrogen-bond donors (Lipinski definition) is 2. The molecular formula is C24H30N4O3. The highest BCUT2D eigenvalue weighted by molar-refractivity contribution is 6.04. The monoisotopic (exact) mass is 422 g/mol. The Hall–Kier alpha value is -2.90. The van der Waals surface area contributed by atoms with Crippen molar-refractivity contribution in [2.75, 3.05) is 36.5 Å². The average Bonchev–Trinajstić information content (AvgIpc) is 2.82. The quantitative estimate of drug-likeness (QED) is 0.787. The second kappa shape index (κ2) is 9.94. The highest BCUT2D eigenvalue weighted by Gasteiger charge is 2.31. The molecule has 2 aromatic rings. The molecule has 0 radical (unpaired) electrons. The summed E-state index contributed by atoms with van der Waals surface area (Å²) in [6, 6.07) is 16.5. The van der Waals surface area contributed by atoms with Crippen LogP contribution in [-0.4, -0.2) is 59.2 Å². The van der Waals surface area contributed by atoms with E-state index >= 15 is 0 Å². The summed E-state index contributed by atoms with van der Waals surface area (Å²) in [6.07, 6.45) is 4.17. The van der Waals surface area contributed by atoms with E-state index in [1.807, 2.05) is 52.4 Å². The smallest absolute Gasteiger partial charge is 0.339 e. The standard InChI is InChI=1S/C24H30N4O3/c29-22-13-17-27(18-14-22)28(24(31)26-15-5-2-6-16-26)21-11-9-19(10-12-21)23(30)25-20-7-3-1-4-8-20/h1,3-4,7-12,22,29H,2,5-6,13-18H2,(H,25,30). The Kier molecular flexibility index (Phi) is 6.84. The largest absolute Gasteiger partial charge is 0.393 e. The molecule has 0 spiro atoms. The summed E-state index contributed by atoms with van der Waals surface area (Å²) >= 11 is 0. The average molecular weight is 423 g/mol. The highest BCUT2D eigenvalue weighted by atomic mass is 16.3. The van der Waals surface area contributed by atoms with E-state index in [2.05, 4.69) is 5.32 Å². The van der Waals surface area contributed by atoms with Crippen LogP contribution < -0.4 is 10.3 Å². The van der Waals surface area contributed by atoms with E-state index < -0.39 is 0 Å². The van der Waals surface area contributed by atoms with Gasteiger partial charge in [-0.25, -0.2) is 14.8 Å². The first-order valence-electron chi connectivity index (χ1n) is 11.1. The van der Waals surface area contributed by atoms with Crippen molar-refractivity contribution >= 4 is 23.3 Å². The van der Waals surface area contributed by atoms with Crippen molar-refractivity contribution in [3.63, 3.8) is 0 Å². The zero-order valence-electron chi connectivity index (χ0n) is 17.7. The lowest BCUT2D eigenvalue weighted by Gasteiger charge is -2.41. The lowest BCUT2D eigenvalue weighted by molar-refractivity contribution is 0.0753. The number of hydrazine groups is 1. The number of anilines is 2. The topological polar surface area (TPSA) is 76.1 Å². The minimum atomic E-state index is -0.313. The van der Waals surface area contributed by atoms with Crippen molar-refractivity contribution in [1.29, 1.82) is 0 Å². The first kappa shape index (κ1) is 21.3. The summed E-state index contributed by atoms with van der Waals surface area (Å²) in [6.45, 7) is 2.78. The van der Waals surface area contributed by atoms with E-state index in [0.29, 0.717) is 31.5 Å². The van der Waals surface area contributed by atoms with E-state index in [1.54, 1.807) is 17.1 Å². The number of amides is 3. The van der Waals surface area contributed by atoms with Crippen LogP contribution in [0.2, 0.25) is 0 Å². The summed E-state index contributed by atoms with van der Waals surface area (Å²) in [5.74, 6) is -0.187. The fraction of sp³-hybridized carbons (Fsp3) is 0.417. The SMILES string of the molecule is O=C(Nc1ccccc1)c1ccc(N(C(=O)N2CCCCC2)N2CCC(O)CC2)cc1. The number of urea groups is 1. The Balaban J connectivity index is 1.53. The van der Waals surface area contributed by atoms with Crippen LogP contribution in [0.5, 0.6) is 0 Å². The van der Waals surface area contributed by atoms with Gasteiger partial charge in [0.2, 0.25) is 0 Å². The van der Waals surface area contributed by atoms with Crippen molar-refractivity contribution < 1.29 is 14.7 Å². The van der Waals surface area contributed by atoms with Crippen LogP contribution in [0.3, 0.4) is 0 Å². The fourth-order valence-electron chi connectivity index (χ4n) is 4.14. The summed E-state index contributed by atoms with van der Waals surface area (Å²) in [4.78, 5) is 27.9. The van der Waals surface area contributed by atoms with Gasteiger partial charge in [-0.3, -0.25) is 4.79 Å². The minimum absolute atomic E-state index is 0.0300. The van der Waals surface area contributed by atoms with Crippen LogP contribution in [0.25, 0.3) is 0 Å². The van der Waals surface area contributed by atoms with Crippen LogP contribution in [0.4, 0.5) is 16.2 Å². The first-order valence-corrected chi connectivity index (χ1v) is 11.1. The van der Waals surface area contributed by atoms with Gasteiger partial charge in [-0.15, -0.1) is 0 Å². The number of hydrogen-bond acceptors (Lipinski definition) is 4. The Bertz CT molecular complexity index is 873. The normalized spacial score (nSPS) is 17.9. The van der Waals surface area contributed by atoms with Gasteiger partial charge < -0.3 is 15.3 Å². The molecule has 0 aliphatic carbocycles. The number of rotatable bonds is 4. The summed E-state index contributed by atoms with van der Waals surface area (Å²) in [5.41, 5.74) is 2.01. The maximum Gasteiger partial charge on any atom is 0.339 e. The molecule has 0 atom stereocenters. The Morgan fingerprint density at radius 2 is 1.52 bits per heavy atom. The van der Waals surface area contributed by atoms with Crippen LogP contribution in [-0.2, 0) is 0 Å². The Morgan fingerprint density at radius 3 is 2.16 bits per heavy atom. The van der Waals surface area contributed by atoms with E-state index in [9.17, 15) is 14.7 Å². The van der Waals surface area contributed by atoms with Gasteiger partial charge in [0, 0.05) is 37.4 Å². The molecule has 4 rings (SSSR count). The van der Waals surface area contributed by atoms with Crippen molar-refractivity contribution in [2.24, 2.45) is 0 Å². The maximum absolute atomic E-state index is 13.4. The molecule has 0 saturated carbocycles. The third-order valence-electron chi connectivity index (χ3n) is 5.94. The van der Waals surface area contributed by atoms with Gasteiger partial charge in [0.25, 0.3) is 5.91 Å². The number of aliphatic hydroxyl groups is 1. The van der Waals surface area contributed by atoms with Crippen LogP contribution in [0, 0.1) is 0 Å². The number of benzene rings is 2. The van der Waals surface area contributed by atoms with Crippen molar-refractivity contribution in [3.8, 4) is 0 Å². The molecule has 7 heteroatoms. The second-order valence-electron chi connectivity index (χ2n) is 8.19. The summed E-state index contributed by atoms with van der Waals surface area (Å²) < 4.78 is 0. The zero-order valence-corrected chi connectivity index (χ0v) is 17.7. The van der Waals surface area contributed by atoms with Crippen molar-refractivity contribution in [1.82, 2.24) is 9.91 Å². The van der Waals surface area contributed by atoms with Gasteiger partial charge in [-0.05, 0) is 68.5 Å². The maximum atomic E-state index is 13.4. The number of aliphatic hydroxyl groups excluding tert-OH is 1. The lowest BCUT2D eigenvalue weighted by atomic mass is 10.1. The van der Waals surface area contributed by atoms with Gasteiger partial charge in [0.15, 0.2) is 0 Å². The van der Waals surface area contributed by atoms with E-state index in [-0.39, 0.29) is 18.0 Å². The van der Waals surface area contributed by atoms with Crippen molar-refractivity contribution in [2.45, 2.75) is 38.2 Å². The van der Waals surface area contributed by atoms with E-state index in [1.165, 1.54) is 0 Å². The number of para-hydroxylation sites is 1. The number of carbonyl (C=O) groups excluding carboxylic acids is 2. The Morgan fingerprint density at radius 1 is 0.871 bits per heavy atom. The molecule has 0 bridgehead atoms. The molecule has 2 N–H and O–H groups in total. The first-order chi connectivity index (χ1) is 15.1. The molecule has 0 aromatic heterocycles.